The maximum atomic E-state index is 13.8. The van der Waals surface area contributed by atoms with E-state index < -0.39 is 15.8 Å². The van der Waals surface area contributed by atoms with Gasteiger partial charge in [-0.3, -0.25) is 14.5 Å². The topological polar surface area (TPSA) is 96.9 Å². The molecule has 2 aromatic rings. The van der Waals surface area contributed by atoms with Crippen LogP contribution in [0.25, 0.3) is 0 Å². The maximum absolute atomic E-state index is 13.8. The summed E-state index contributed by atoms with van der Waals surface area (Å²) in [4.78, 5) is 16.3. The first-order valence-corrected chi connectivity index (χ1v) is 9.78. The predicted molar refractivity (Wildman–Crippen MR) is 99.0 cm³/mol. The number of nitrogens with one attached hydrogen (secondary N) is 2. The summed E-state index contributed by atoms with van der Waals surface area (Å²) in [6, 6.07) is 10.6. The van der Waals surface area contributed by atoms with E-state index in [1.807, 2.05) is 0 Å². The molecule has 1 aliphatic rings. The van der Waals surface area contributed by atoms with Crippen LogP contribution in [0.1, 0.15) is 18.9 Å². The summed E-state index contributed by atoms with van der Waals surface area (Å²) < 4.78 is 45.2. The van der Waals surface area contributed by atoms with Crippen LogP contribution in [0, 0.1) is 5.82 Å². The summed E-state index contributed by atoms with van der Waals surface area (Å²) in [6.07, 6.45) is 0.0161. The summed E-state index contributed by atoms with van der Waals surface area (Å²) in [5, 5.41) is 2.57. The summed E-state index contributed by atoms with van der Waals surface area (Å²) in [6.45, 7) is 2.17. The zero-order valence-corrected chi connectivity index (χ0v) is 15.3. The Labute approximate surface area is 156 Å². The number of sulfonamides is 1. The molecule has 1 heterocycles. The Bertz CT molecular complexity index is 1010. The number of carbonyl (C=O) groups excluding carboxylic acids is 1. The van der Waals surface area contributed by atoms with Gasteiger partial charge in [0, 0.05) is 23.7 Å². The van der Waals surface area contributed by atoms with Crippen molar-refractivity contribution in [1.29, 1.82) is 0 Å². The molecule has 0 bridgehead atoms. The van der Waals surface area contributed by atoms with Crippen LogP contribution in [0.3, 0.4) is 0 Å². The van der Waals surface area contributed by atoms with Gasteiger partial charge in [-0.25, -0.2) is 12.8 Å². The number of anilines is 1. The predicted octanol–water partition coefficient (Wildman–Crippen LogP) is 2.29. The van der Waals surface area contributed by atoms with E-state index in [-0.39, 0.29) is 35.4 Å². The molecule has 1 amide bonds. The Hall–Kier alpha value is -2.94. The third-order valence-corrected chi connectivity index (χ3v) is 5.18. The lowest BCUT2D eigenvalue weighted by atomic mass is 10.2. The second-order valence-electron chi connectivity index (χ2n) is 5.71. The number of aliphatic imine (C=N–C) groups is 1. The number of rotatable bonds is 6. The molecule has 0 saturated heterocycles. The van der Waals surface area contributed by atoms with E-state index in [0.29, 0.717) is 17.9 Å². The highest BCUT2D eigenvalue weighted by Crippen LogP contribution is 2.23. The van der Waals surface area contributed by atoms with Crippen molar-refractivity contribution < 1.29 is 22.3 Å². The SMILES string of the molecule is CCOc1ccc(NC(=O)CCN=C2NS(=O)(=O)c3ccccc32)cc1F. The van der Waals surface area contributed by atoms with E-state index >= 15 is 0 Å². The van der Waals surface area contributed by atoms with Crippen molar-refractivity contribution >= 4 is 27.5 Å². The van der Waals surface area contributed by atoms with Crippen LogP contribution in [0.2, 0.25) is 0 Å². The molecule has 0 saturated carbocycles. The van der Waals surface area contributed by atoms with Gasteiger partial charge in [0.05, 0.1) is 18.0 Å². The van der Waals surface area contributed by atoms with Crippen molar-refractivity contribution in [3.05, 3.63) is 53.8 Å². The first kappa shape index (κ1) is 18.8. The lowest BCUT2D eigenvalue weighted by molar-refractivity contribution is -0.116. The molecule has 0 spiro atoms. The standard InChI is InChI=1S/C18H18FN3O4S/c1-2-26-15-8-7-12(11-14(15)19)21-17(23)9-10-20-18-13-5-3-4-6-16(13)27(24,25)22-18/h3-8,11H,2,9-10H2,1H3,(H,20,22)(H,21,23). The molecule has 7 nitrogen and oxygen atoms in total. The average Bonchev–Trinajstić information content (AvgIpc) is 2.88. The lowest BCUT2D eigenvalue weighted by Gasteiger charge is -2.08. The number of amidine groups is 1. The minimum atomic E-state index is -3.60. The molecule has 1 aliphatic heterocycles. The molecule has 27 heavy (non-hydrogen) atoms. The molecule has 9 heteroatoms. The van der Waals surface area contributed by atoms with Crippen LogP contribution < -0.4 is 14.8 Å². The molecule has 0 fully saturated rings. The van der Waals surface area contributed by atoms with Crippen molar-refractivity contribution in [2.75, 3.05) is 18.5 Å². The summed E-state index contributed by atoms with van der Waals surface area (Å²) in [5.74, 6) is -0.594. The number of nitrogens with zero attached hydrogens (tertiary/aromatic N) is 1. The van der Waals surface area contributed by atoms with Crippen molar-refractivity contribution in [3.63, 3.8) is 0 Å². The Kier molecular flexibility index (Phi) is 5.41. The number of benzene rings is 2. The molecule has 0 unspecified atom stereocenters. The van der Waals surface area contributed by atoms with Gasteiger partial charge in [0.2, 0.25) is 5.91 Å². The van der Waals surface area contributed by atoms with Crippen LogP contribution in [0.5, 0.6) is 5.75 Å². The van der Waals surface area contributed by atoms with Crippen LogP contribution >= 0.6 is 0 Å². The molecule has 0 aliphatic carbocycles. The van der Waals surface area contributed by atoms with Gasteiger partial charge in [-0.15, -0.1) is 0 Å². The van der Waals surface area contributed by atoms with Crippen molar-refractivity contribution in [2.45, 2.75) is 18.2 Å². The molecule has 0 atom stereocenters. The minimum Gasteiger partial charge on any atom is -0.491 e. The van der Waals surface area contributed by atoms with Gasteiger partial charge < -0.3 is 10.1 Å². The molecule has 142 valence electrons. The van der Waals surface area contributed by atoms with Gasteiger partial charge in [0.15, 0.2) is 11.6 Å². The number of halogens is 1. The van der Waals surface area contributed by atoms with Crippen molar-refractivity contribution in [2.24, 2.45) is 4.99 Å². The third-order valence-electron chi connectivity index (χ3n) is 3.79. The fourth-order valence-corrected chi connectivity index (χ4v) is 3.85. The molecule has 3 rings (SSSR count). The molecule has 2 N–H and O–H groups in total. The highest BCUT2D eigenvalue weighted by Gasteiger charge is 2.29. The second-order valence-corrected chi connectivity index (χ2v) is 7.36. The lowest BCUT2D eigenvalue weighted by Crippen LogP contribution is -2.23. The van der Waals surface area contributed by atoms with E-state index in [0.717, 1.165) is 0 Å². The van der Waals surface area contributed by atoms with Crippen molar-refractivity contribution in [3.8, 4) is 5.75 Å². The van der Waals surface area contributed by atoms with Gasteiger partial charge >= 0.3 is 0 Å². The number of amides is 1. The van der Waals surface area contributed by atoms with Crippen LogP contribution in [0.15, 0.2) is 52.4 Å². The Morgan fingerprint density at radius 1 is 1.26 bits per heavy atom. The number of ether oxygens (including phenoxy) is 1. The molecule has 0 aromatic heterocycles. The Balaban J connectivity index is 1.61. The van der Waals surface area contributed by atoms with Gasteiger partial charge in [0.1, 0.15) is 5.84 Å². The Morgan fingerprint density at radius 2 is 2.04 bits per heavy atom. The first-order valence-electron chi connectivity index (χ1n) is 8.29. The Morgan fingerprint density at radius 3 is 2.78 bits per heavy atom. The summed E-state index contributed by atoms with van der Waals surface area (Å²) in [5.41, 5.74) is 0.784. The zero-order valence-electron chi connectivity index (χ0n) is 14.5. The smallest absolute Gasteiger partial charge is 0.263 e. The largest absolute Gasteiger partial charge is 0.491 e. The number of hydrogen-bond donors (Lipinski definition) is 2. The second kappa shape index (κ2) is 7.75. The molecule has 2 aromatic carbocycles. The fourth-order valence-electron chi connectivity index (χ4n) is 2.60. The van der Waals surface area contributed by atoms with Crippen LogP contribution in [0.4, 0.5) is 10.1 Å². The van der Waals surface area contributed by atoms with Crippen LogP contribution in [-0.4, -0.2) is 33.3 Å². The normalized spacial score (nSPS) is 15.9. The number of carbonyl (C=O) groups is 1. The van der Waals surface area contributed by atoms with Gasteiger partial charge in [-0.1, -0.05) is 12.1 Å². The number of fused-ring (bicyclic) bond motifs is 1. The van der Waals surface area contributed by atoms with Gasteiger partial charge in [-0.05, 0) is 31.2 Å². The zero-order chi connectivity index (χ0) is 19.4. The van der Waals surface area contributed by atoms with E-state index in [2.05, 4.69) is 15.0 Å². The minimum absolute atomic E-state index is 0.0161. The van der Waals surface area contributed by atoms with E-state index in [1.54, 1.807) is 31.2 Å². The highest BCUT2D eigenvalue weighted by molar-refractivity contribution is 7.90. The summed E-state index contributed by atoms with van der Waals surface area (Å²) in [7, 11) is -3.60. The van der Waals surface area contributed by atoms with Gasteiger partial charge in [-0.2, -0.15) is 0 Å². The average molecular weight is 391 g/mol. The fraction of sp³-hybridized carbons (Fsp3) is 0.222. The molecule has 0 radical (unpaired) electrons. The van der Waals surface area contributed by atoms with Crippen molar-refractivity contribution in [1.82, 2.24) is 4.72 Å². The highest BCUT2D eigenvalue weighted by atomic mass is 32.2. The molecular weight excluding hydrogens is 373 g/mol. The number of hydrogen-bond acceptors (Lipinski definition) is 5. The van der Waals surface area contributed by atoms with E-state index in [1.165, 1.54) is 18.2 Å². The first-order chi connectivity index (χ1) is 12.9. The summed E-state index contributed by atoms with van der Waals surface area (Å²) >= 11 is 0. The maximum Gasteiger partial charge on any atom is 0.263 e. The molecular formula is C18H18FN3O4S. The third kappa shape index (κ3) is 4.25. The van der Waals surface area contributed by atoms with Crippen LogP contribution in [-0.2, 0) is 14.8 Å². The quantitative estimate of drug-likeness (QED) is 0.790. The van der Waals surface area contributed by atoms with Gasteiger partial charge in [0.25, 0.3) is 10.0 Å². The van der Waals surface area contributed by atoms with E-state index in [9.17, 15) is 17.6 Å². The monoisotopic (exact) mass is 391 g/mol. The van der Waals surface area contributed by atoms with E-state index in [4.69, 9.17) is 4.74 Å².